The third-order valence-electron chi connectivity index (χ3n) is 5.47. The topological polar surface area (TPSA) is 64.7 Å². The summed E-state index contributed by atoms with van der Waals surface area (Å²) in [6.07, 6.45) is 3.15. The molecule has 138 valence electrons. The van der Waals surface area contributed by atoms with Crippen LogP contribution in [0, 0.1) is 0 Å². The van der Waals surface area contributed by atoms with Crippen LogP contribution in [-0.2, 0) is 9.59 Å². The highest BCUT2D eigenvalue weighted by molar-refractivity contribution is 5.82. The van der Waals surface area contributed by atoms with Crippen molar-refractivity contribution in [2.75, 3.05) is 26.2 Å². The highest BCUT2D eigenvalue weighted by Gasteiger charge is 2.32. The smallest absolute Gasteiger partial charge is 0.237 e. The Morgan fingerprint density at radius 3 is 1.88 bits per heavy atom. The van der Waals surface area contributed by atoms with Crippen molar-refractivity contribution in [3.63, 3.8) is 0 Å². The molecule has 2 amide bonds. The third-order valence-corrected chi connectivity index (χ3v) is 5.47. The molecular formula is C18H34N4O2. The minimum Gasteiger partial charge on any atom is -0.352 e. The van der Waals surface area contributed by atoms with Gasteiger partial charge in [0.15, 0.2) is 0 Å². The predicted molar refractivity (Wildman–Crippen MR) is 95.7 cm³/mol. The molecular weight excluding hydrogens is 304 g/mol. The highest BCUT2D eigenvalue weighted by atomic mass is 16.2. The minimum absolute atomic E-state index is 0.0871. The van der Waals surface area contributed by atoms with Crippen LogP contribution in [0.15, 0.2) is 0 Å². The van der Waals surface area contributed by atoms with E-state index >= 15 is 0 Å². The second-order valence-electron chi connectivity index (χ2n) is 7.93. The van der Waals surface area contributed by atoms with Gasteiger partial charge in [0.1, 0.15) is 0 Å². The third kappa shape index (κ3) is 5.18. The number of carbonyl (C=O) groups is 2. The Bertz CT molecular complexity index is 454. The number of hydrogen-bond donors (Lipinski definition) is 2. The first-order valence-electron chi connectivity index (χ1n) is 9.34. The van der Waals surface area contributed by atoms with Gasteiger partial charge in [-0.25, -0.2) is 0 Å². The average Bonchev–Trinajstić information content (AvgIpc) is 3.37. The number of nitrogens with zero attached hydrogens (tertiary/aromatic N) is 2. The van der Waals surface area contributed by atoms with Crippen LogP contribution in [0.3, 0.4) is 0 Å². The van der Waals surface area contributed by atoms with E-state index in [-0.39, 0.29) is 29.4 Å². The number of hydrogen-bond acceptors (Lipinski definition) is 4. The second-order valence-corrected chi connectivity index (χ2v) is 7.93. The fourth-order valence-electron chi connectivity index (χ4n) is 2.92. The monoisotopic (exact) mass is 338 g/mol. The summed E-state index contributed by atoms with van der Waals surface area (Å²) in [6.45, 7) is 13.4. The molecule has 24 heavy (non-hydrogen) atoms. The average molecular weight is 338 g/mol. The van der Waals surface area contributed by atoms with E-state index in [9.17, 15) is 9.59 Å². The van der Waals surface area contributed by atoms with Crippen LogP contribution in [0.2, 0.25) is 0 Å². The van der Waals surface area contributed by atoms with Crippen molar-refractivity contribution in [3.8, 4) is 0 Å². The molecule has 0 aromatic carbocycles. The zero-order valence-electron chi connectivity index (χ0n) is 15.9. The molecule has 1 aliphatic carbocycles. The van der Waals surface area contributed by atoms with Crippen molar-refractivity contribution < 1.29 is 9.59 Å². The molecule has 1 saturated carbocycles. The van der Waals surface area contributed by atoms with Crippen LogP contribution >= 0.6 is 0 Å². The van der Waals surface area contributed by atoms with Crippen LogP contribution in [0.25, 0.3) is 0 Å². The summed E-state index contributed by atoms with van der Waals surface area (Å²) in [5, 5.41) is 6.20. The van der Waals surface area contributed by atoms with E-state index in [2.05, 4.69) is 41.2 Å². The lowest BCUT2D eigenvalue weighted by atomic mass is 10.0. The first kappa shape index (κ1) is 19.2. The lowest BCUT2D eigenvalue weighted by Crippen LogP contribution is -2.59. The van der Waals surface area contributed by atoms with Crippen LogP contribution in [0.1, 0.15) is 53.9 Å². The maximum Gasteiger partial charge on any atom is 0.237 e. The van der Waals surface area contributed by atoms with Crippen LogP contribution in [0.5, 0.6) is 0 Å². The van der Waals surface area contributed by atoms with Gasteiger partial charge in [0.2, 0.25) is 11.8 Å². The number of carbonyl (C=O) groups excluding carboxylic acids is 2. The molecule has 6 nitrogen and oxygen atoms in total. The predicted octanol–water partition coefficient (Wildman–Crippen LogP) is 0.964. The number of nitrogens with one attached hydrogen (secondary N) is 2. The molecule has 2 N–H and O–H groups in total. The second kappa shape index (κ2) is 7.83. The maximum absolute atomic E-state index is 12.4. The molecule has 0 spiro atoms. The molecule has 2 rings (SSSR count). The first-order chi connectivity index (χ1) is 11.2. The van der Waals surface area contributed by atoms with Gasteiger partial charge in [-0.05, 0) is 47.0 Å². The number of piperazine rings is 1. The molecule has 6 heteroatoms. The van der Waals surface area contributed by atoms with E-state index in [1.807, 2.05) is 13.8 Å². The first-order valence-corrected chi connectivity index (χ1v) is 9.34. The van der Waals surface area contributed by atoms with E-state index < -0.39 is 0 Å². The largest absolute Gasteiger partial charge is 0.352 e. The molecule has 0 radical (unpaired) electrons. The molecule has 2 aliphatic rings. The number of amides is 2. The van der Waals surface area contributed by atoms with Crippen molar-refractivity contribution in [1.29, 1.82) is 0 Å². The van der Waals surface area contributed by atoms with Crippen LogP contribution in [-0.4, -0.2) is 71.5 Å². The summed E-state index contributed by atoms with van der Waals surface area (Å²) in [4.78, 5) is 29.0. The van der Waals surface area contributed by atoms with Crippen molar-refractivity contribution in [2.24, 2.45) is 0 Å². The molecule has 1 aliphatic heterocycles. The summed E-state index contributed by atoms with van der Waals surface area (Å²) in [6, 6.07) is 0.191. The Hall–Kier alpha value is -1.14. The van der Waals surface area contributed by atoms with Gasteiger partial charge in [-0.2, -0.15) is 0 Å². The summed E-state index contributed by atoms with van der Waals surface area (Å²) in [5.41, 5.74) is -0.164. The van der Waals surface area contributed by atoms with Gasteiger partial charge in [0.25, 0.3) is 0 Å². The van der Waals surface area contributed by atoms with Crippen molar-refractivity contribution in [3.05, 3.63) is 0 Å². The van der Waals surface area contributed by atoms with E-state index in [0.29, 0.717) is 6.04 Å². The Labute approximate surface area is 146 Å². The Morgan fingerprint density at radius 2 is 1.46 bits per heavy atom. The molecule has 2 fully saturated rings. The standard InChI is InChI=1S/C18H34N4O2/c1-6-18(4,5)20-17(24)14(3)22-11-9-21(10-12-22)13(2)16(23)19-15-7-8-15/h13-15H,6-12H2,1-5H3,(H,19,23)(H,20,24). The summed E-state index contributed by atoms with van der Waals surface area (Å²) in [7, 11) is 0. The number of rotatable bonds is 7. The Kier molecular flexibility index (Phi) is 6.26. The normalized spacial score (nSPS) is 22.7. The summed E-state index contributed by atoms with van der Waals surface area (Å²) < 4.78 is 0. The van der Waals surface area contributed by atoms with E-state index in [1.54, 1.807) is 0 Å². The van der Waals surface area contributed by atoms with Gasteiger partial charge >= 0.3 is 0 Å². The lowest BCUT2D eigenvalue weighted by Gasteiger charge is -2.40. The fraction of sp³-hybridized carbons (Fsp3) is 0.889. The Balaban J connectivity index is 1.78. The van der Waals surface area contributed by atoms with Gasteiger partial charge in [0, 0.05) is 37.8 Å². The molecule has 0 aromatic heterocycles. The van der Waals surface area contributed by atoms with Crippen molar-refractivity contribution >= 4 is 11.8 Å². The molecule has 0 aromatic rings. The molecule has 2 atom stereocenters. The van der Waals surface area contributed by atoms with E-state index in [1.165, 1.54) is 0 Å². The van der Waals surface area contributed by atoms with Gasteiger partial charge in [-0.15, -0.1) is 0 Å². The van der Waals surface area contributed by atoms with Crippen molar-refractivity contribution in [1.82, 2.24) is 20.4 Å². The van der Waals surface area contributed by atoms with E-state index in [4.69, 9.17) is 0 Å². The van der Waals surface area contributed by atoms with Crippen LogP contribution < -0.4 is 10.6 Å². The van der Waals surface area contributed by atoms with Crippen LogP contribution in [0.4, 0.5) is 0 Å². The minimum atomic E-state index is -0.164. The van der Waals surface area contributed by atoms with Gasteiger partial charge in [-0.3, -0.25) is 19.4 Å². The Morgan fingerprint density at radius 1 is 1.00 bits per heavy atom. The molecule has 1 saturated heterocycles. The summed E-state index contributed by atoms with van der Waals surface area (Å²) in [5.74, 6) is 0.233. The van der Waals surface area contributed by atoms with E-state index in [0.717, 1.165) is 45.4 Å². The maximum atomic E-state index is 12.4. The molecule has 2 unspecified atom stereocenters. The summed E-state index contributed by atoms with van der Waals surface area (Å²) >= 11 is 0. The zero-order chi connectivity index (χ0) is 17.9. The van der Waals surface area contributed by atoms with Gasteiger partial charge in [-0.1, -0.05) is 6.92 Å². The molecule has 0 bridgehead atoms. The zero-order valence-corrected chi connectivity index (χ0v) is 15.9. The van der Waals surface area contributed by atoms with Crippen molar-refractivity contribution in [2.45, 2.75) is 77.5 Å². The highest BCUT2D eigenvalue weighted by Crippen LogP contribution is 2.19. The fourth-order valence-corrected chi connectivity index (χ4v) is 2.92. The van der Waals surface area contributed by atoms with Gasteiger partial charge in [0.05, 0.1) is 12.1 Å². The lowest BCUT2D eigenvalue weighted by molar-refractivity contribution is -0.130. The molecule has 1 heterocycles. The quantitative estimate of drug-likeness (QED) is 0.726. The SMILES string of the molecule is CCC(C)(C)NC(=O)C(C)N1CCN(C(C)C(=O)NC2CC2)CC1. The van der Waals surface area contributed by atoms with Gasteiger partial charge < -0.3 is 10.6 Å².